The molecule has 152 valence electrons. The summed E-state index contributed by atoms with van der Waals surface area (Å²) in [5, 5.41) is 11.8. The number of nitrogens with two attached hydrogens (primary N) is 1. The number of amides is 1. The van der Waals surface area contributed by atoms with Crippen LogP contribution in [0, 0.1) is 11.3 Å². The number of carbonyl (C=O) groups excluding carboxylic acids is 1. The lowest BCUT2D eigenvalue weighted by Crippen LogP contribution is -2.22. The fourth-order valence-electron chi connectivity index (χ4n) is 3.30. The van der Waals surface area contributed by atoms with Crippen LogP contribution in [0.25, 0.3) is 0 Å². The zero-order chi connectivity index (χ0) is 21.3. The van der Waals surface area contributed by atoms with Crippen LogP contribution in [0.15, 0.2) is 72.8 Å². The first-order valence-corrected chi connectivity index (χ1v) is 9.91. The number of hydrogen-bond acceptors (Lipinski definition) is 4. The minimum atomic E-state index is -0.0777. The summed E-state index contributed by atoms with van der Waals surface area (Å²) in [6, 6.07) is 26.2. The van der Waals surface area contributed by atoms with Gasteiger partial charge in [-0.2, -0.15) is 5.26 Å². The third-order valence-corrected chi connectivity index (χ3v) is 4.83. The third-order valence-electron chi connectivity index (χ3n) is 4.83. The number of nitrogens with one attached hydrogen (secondary N) is 1. The molecule has 3 N–H and O–H groups in total. The van der Waals surface area contributed by atoms with Crippen LogP contribution < -0.4 is 11.1 Å². The van der Waals surface area contributed by atoms with Gasteiger partial charge in [0.2, 0.25) is 5.91 Å². The maximum absolute atomic E-state index is 11.2. The summed E-state index contributed by atoms with van der Waals surface area (Å²) in [6.45, 7) is 4.36. The van der Waals surface area contributed by atoms with E-state index in [0.29, 0.717) is 12.1 Å². The van der Waals surface area contributed by atoms with Gasteiger partial charge in [-0.1, -0.05) is 48.5 Å². The van der Waals surface area contributed by atoms with E-state index < -0.39 is 0 Å². The SMILES string of the molecule is CC(=O)Nc1ccc(CN(Cc2ccc(C#N)cc2)Cc2ccc(CN)cc2)cc1. The maximum atomic E-state index is 11.2. The van der Waals surface area contributed by atoms with Crippen LogP contribution in [-0.4, -0.2) is 10.8 Å². The van der Waals surface area contributed by atoms with Crippen molar-refractivity contribution in [1.82, 2.24) is 4.90 Å². The van der Waals surface area contributed by atoms with Crippen LogP contribution in [0.3, 0.4) is 0 Å². The van der Waals surface area contributed by atoms with Crippen LogP contribution in [0.2, 0.25) is 0 Å². The molecule has 0 fully saturated rings. The number of nitriles is 1. The van der Waals surface area contributed by atoms with Crippen molar-refractivity contribution >= 4 is 11.6 Å². The predicted octanol–water partition coefficient (Wildman–Crippen LogP) is 4.18. The fourth-order valence-corrected chi connectivity index (χ4v) is 3.30. The first-order chi connectivity index (χ1) is 14.6. The number of anilines is 1. The Balaban J connectivity index is 1.76. The molecule has 0 saturated heterocycles. The average Bonchev–Trinajstić information content (AvgIpc) is 2.76. The zero-order valence-electron chi connectivity index (χ0n) is 17.1. The number of rotatable bonds is 8. The fraction of sp³-hybridized carbons (Fsp3) is 0.200. The van der Waals surface area contributed by atoms with E-state index in [1.54, 1.807) is 0 Å². The van der Waals surface area contributed by atoms with E-state index >= 15 is 0 Å². The lowest BCUT2D eigenvalue weighted by Gasteiger charge is -2.23. The first-order valence-electron chi connectivity index (χ1n) is 9.91. The van der Waals surface area contributed by atoms with E-state index in [2.05, 4.69) is 40.6 Å². The lowest BCUT2D eigenvalue weighted by molar-refractivity contribution is -0.114. The van der Waals surface area contributed by atoms with Crippen LogP contribution in [0.1, 0.15) is 34.7 Å². The van der Waals surface area contributed by atoms with Gasteiger partial charge in [0.15, 0.2) is 0 Å². The van der Waals surface area contributed by atoms with Crippen molar-refractivity contribution in [3.63, 3.8) is 0 Å². The van der Waals surface area contributed by atoms with Gasteiger partial charge in [0.05, 0.1) is 11.6 Å². The number of carbonyl (C=O) groups is 1. The normalized spacial score (nSPS) is 10.6. The molecule has 0 heterocycles. The molecule has 5 nitrogen and oxygen atoms in total. The molecule has 0 aliphatic heterocycles. The summed E-state index contributed by atoms with van der Waals surface area (Å²) in [5.41, 5.74) is 11.8. The minimum absolute atomic E-state index is 0.0777. The van der Waals surface area contributed by atoms with Crippen molar-refractivity contribution < 1.29 is 4.79 Å². The van der Waals surface area contributed by atoms with Gasteiger partial charge >= 0.3 is 0 Å². The average molecular weight is 399 g/mol. The quantitative estimate of drug-likeness (QED) is 0.596. The van der Waals surface area contributed by atoms with Crippen LogP contribution in [0.4, 0.5) is 5.69 Å². The second-order valence-corrected chi connectivity index (χ2v) is 7.35. The van der Waals surface area contributed by atoms with Gasteiger partial charge in [-0.25, -0.2) is 0 Å². The Kier molecular flexibility index (Phi) is 7.34. The molecule has 0 aliphatic rings. The Morgan fingerprint density at radius 1 is 0.833 bits per heavy atom. The highest BCUT2D eigenvalue weighted by atomic mass is 16.1. The number of nitrogens with zero attached hydrogens (tertiary/aromatic N) is 2. The van der Waals surface area contributed by atoms with Gasteiger partial charge in [0, 0.05) is 38.8 Å². The van der Waals surface area contributed by atoms with Crippen molar-refractivity contribution in [1.29, 1.82) is 5.26 Å². The molecule has 30 heavy (non-hydrogen) atoms. The van der Waals surface area contributed by atoms with Crippen LogP contribution >= 0.6 is 0 Å². The molecule has 3 rings (SSSR count). The predicted molar refractivity (Wildman–Crippen MR) is 119 cm³/mol. The van der Waals surface area contributed by atoms with E-state index in [1.807, 2.05) is 48.5 Å². The summed E-state index contributed by atoms with van der Waals surface area (Å²) in [5.74, 6) is -0.0777. The monoisotopic (exact) mass is 398 g/mol. The van der Waals surface area contributed by atoms with E-state index in [0.717, 1.165) is 42.0 Å². The summed E-state index contributed by atoms with van der Waals surface area (Å²) in [6.07, 6.45) is 0. The highest BCUT2D eigenvalue weighted by molar-refractivity contribution is 5.88. The molecular weight excluding hydrogens is 372 g/mol. The molecular formula is C25H26N4O. The van der Waals surface area contributed by atoms with Crippen molar-refractivity contribution in [2.24, 2.45) is 5.73 Å². The summed E-state index contributed by atoms with van der Waals surface area (Å²) < 4.78 is 0. The highest BCUT2D eigenvalue weighted by Gasteiger charge is 2.09. The Labute approximate surface area is 177 Å². The van der Waals surface area contributed by atoms with Gasteiger partial charge < -0.3 is 11.1 Å². The smallest absolute Gasteiger partial charge is 0.221 e. The minimum Gasteiger partial charge on any atom is -0.326 e. The van der Waals surface area contributed by atoms with Gasteiger partial charge in [0.1, 0.15) is 0 Å². The van der Waals surface area contributed by atoms with Crippen molar-refractivity contribution in [3.8, 4) is 6.07 Å². The molecule has 0 radical (unpaired) electrons. The Hall–Kier alpha value is -3.46. The van der Waals surface area contributed by atoms with Crippen molar-refractivity contribution in [2.75, 3.05) is 5.32 Å². The Morgan fingerprint density at radius 2 is 1.27 bits per heavy atom. The first kappa shape index (κ1) is 21.3. The topological polar surface area (TPSA) is 82.2 Å². The van der Waals surface area contributed by atoms with Gasteiger partial charge in [-0.15, -0.1) is 0 Å². The summed E-state index contributed by atoms with van der Waals surface area (Å²) in [4.78, 5) is 13.6. The third kappa shape index (κ3) is 6.28. The van der Waals surface area contributed by atoms with Gasteiger partial charge in [-0.3, -0.25) is 9.69 Å². The maximum Gasteiger partial charge on any atom is 0.221 e. The molecule has 0 atom stereocenters. The zero-order valence-corrected chi connectivity index (χ0v) is 17.1. The summed E-state index contributed by atoms with van der Waals surface area (Å²) in [7, 11) is 0. The summed E-state index contributed by atoms with van der Waals surface area (Å²) >= 11 is 0. The molecule has 0 aromatic heterocycles. The van der Waals surface area contributed by atoms with Crippen LogP contribution in [0.5, 0.6) is 0 Å². The van der Waals surface area contributed by atoms with Gasteiger partial charge in [0.25, 0.3) is 0 Å². The van der Waals surface area contributed by atoms with E-state index in [1.165, 1.54) is 12.5 Å². The molecule has 0 saturated carbocycles. The molecule has 0 unspecified atom stereocenters. The van der Waals surface area contributed by atoms with E-state index in [-0.39, 0.29) is 5.91 Å². The van der Waals surface area contributed by atoms with E-state index in [9.17, 15) is 4.79 Å². The molecule has 3 aromatic carbocycles. The molecule has 0 bridgehead atoms. The second kappa shape index (κ2) is 10.4. The van der Waals surface area contributed by atoms with Crippen molar-refractivity contribution in [3.05, 3.63) is 101 Å². The van der Waals surface area contributed by atoms with Crippen molar-refractivity contribution in [2.45, 2.75) is 33.1 Å². The standard InChI is InChI=1S/C25H26N4O/c1-19(30)28-25-12-10-24(11-13-25)18-29(16-22-6-2-20(14-26)3-7-22)17-23-8-4-21(15-27)5-9-23/h2-13H,14,16-18,26H2,1H3,(H,28,30). The lowest BCUT2D eigenvalue weighted by atomic mass is 10.1. The largest absolute Gasteiger partial charge is 0.326 e. The Morgan fingerprint density at radius 3 is 1.70 bits per heavy atom. The Bertz CT molecular complexity index is 1000. The molecule has 0 aliphatic carbocycles. The molecule has 1 amide bonds. The molecule has 0 spiro atoms. The molecule has 3 aromatic rings. The second-order valence-electron chi connectivity index (χ2n) is 7.35. The molecule has 5 heteroatoms. The van der Waals surface area contributed by atoms with E-state index in [4.69, 9.17) is 11.0 Å². The highest BCUT2D eigenvalue weighted by Crippen LogP contribution is 2.17. The number of hydrogen-bond donors (Lipinski definition) is 2. The van der Waals surface area contributed by atoms with Gasteiger partial charge in [-0.05, 0) is 46.5 Å². The van der Waals surface area contributed by atoms with Crippen LogP contribution in [-0.2, 0) is 31.0 Å². The number of benzene rings is 3.